The first-order chi connectivity index (χ1) is 13.7. The fraction of sp³-hybridized carbons (Fsp3) is 0.333. The lowest BCUT2D eigenvalue weighted by atomic mass is 10.2. The lowest BCUT2D eigenvalue weighted by Gasteiger charge is -2.16. The van der Waals surface area contributed by atoms with Crippen LogP contribution in [0.1, 0.15) is 24.0 Å². The van der Waals surface area contributed by atoms with Crippen molar-refractivity contribution in [1.29, 1.82) is 0 Å². The van der Waals surface area contributed by atoms with Crippen LogP contribution in [-0.4, -0.2) is 32.3 Å². The Labute approximate surface area is 187 Å². The van der Waals surface area contributed by atoms with Crippen LogP contribution in [0.4, 0.5) is 5.69 Å². The molecule has 4 rings (SSSR count). The minimum atomic E-state index is 0. The number of carbonyl (C=O) groups is 1. The summed E-state index contributed by atoms with van der Waals surface area (Å²) in [5.41, 5.74) is 3.19. The SMILES string of the molecule is CN=C(NCc1ccc(N2CCCC2=O)cc1)NCc1ccc2c(c1)OCO2.I. The molecule has 2 aromatic rings. The Hall–Kier alpha value is -2.49. The Kier molecular flexibility index (Phi) is 7.18. The van der Waals surface area contributed by atoms with Crippen LogP contribution in [0.2, 0.25) is 0 Å². The van der Waals surface area contributed by atoms with Crippen molar-refractivity contribution in [2.24, 2.45) is 4.99 Å². The van der Waals surface area contributed by atoms with Gasteiger partial charge in [0.25, 0.3) is 0 Å². The van der Waals surface area contributed by atoms with Gasteiger partial charge in [-0.15, -0.1) is 24.0 Å². The maximum Gasteiger partial charge on any atom is 0.231 e. The molecule has 154 valence electrons. The van der Waals surface area contributed by atoms with Crippen molar-refractivity contribution in [3.8, 4) is 11.5 Å². The Balaban J connectivity index is 0.00000240. The molecule has 2 N–H and O–H groups in total. The number of carbonyl (C=O) groups excluding carboxylic acids is 1. The lowest BCUT2D eigenvalue weighted by molar-refractivity contribution is -0.117. The fourth-order valence-corrected chi connectivity index (χ4v) is 3.36. The fourth-order valence-electron chi connectivity index (χ4n) is 3.36. The second kappa shape index (κ2) is 9.82. The van der Waals surface area contributed by atoms with Crippen molar-refractivity contribution < 1.29 is 14.3 Å². The Bertz CT molecular complexity index is 886. The van der Waals surface area contributed by atoms with Crippen molar-refractivity contribution in [3.63, 3.8) is 0 Å². The predicted octanol–water partition coefficient (Wildman–Crippen LogP) is 3.03. The van der Waals surface area contributed by atoms with E-state index in [1.165, 1.54) is 0 Å². The van der Waals surface area contributed by atoms with Crippen molar-refractivity contribution in [3.05, 3.63) is 53.6 Å². The summed E-state index contributed by atoms with van der Waals surface area (Å²) in [5, 5.41) is 6.61. The first-order valence-corrected chi connectivity index (χ1v) is 9.45. The highest BCUT2D eigenvalue weighted by molar-refractivity contribution is 14.0. The highest BCUT2D eigenvalue weighted by Crippen LogP contribution is 2.32. The highest BCUT2D eigenvalue weighted by Gasteiger charge is 2.21. The molecule has 0 aliphatic carbocycles. The molecule has 2 heterocycles. The number of rotatable bonds is 5. The van der Waals surface area contributed by atoms with Crippen molar-refractivity contribution >= 4 is 41.5 Å². The molecule has 0 aromatic heterocycles. The predicted molar refractivity (Wildman–Crippen MR) is 123 cm³/mol. The van der Waals surface area contributed by atoms with Crippen LogP contribution < -0.4 is 25.0 Å². The zero-order chi connectivity index (χ0) is 19.3. The van der Waals surface area contributed by atoms with Gasteiger partial charge in [-0.2, -0.15) is 0 Å². The van der Waals surface area contributed by atoms with Gasteiger partial charge < -0.3 is 25.0 Å². The molecule has 8 heteroatoms. The number of anilines is 1. The van der Waals surface area contributed by atoms with Gasteiger partial charge in [-0.05, 0) is 41.8 Å². The number of nitrogens with one attached hydrogen (secondary N) is 2. The third kappa shape index (κ3) is 5.11. The number of hydrogen-bond donors (Lipinski definition) is 2. The van der Waals surface area contributed by atoms with E-state index < -0.39 is 0 Å². The van der Waals surface area contributed by atoms with E-state index in [0.717, 1.165) is 47.2 Å². The Morgan fingerprint density at radius 2 is 1.72 bits per heavy atom. The molecule has 1 saturated heterocycles. The first-order valence-electron chi connectivity index (χ1n) is 9.45. The highest BCUT2D eigenvalue weighted by atomic mass is 127. The van der Waals surface area contributed by atoms with Gasteiger partial charge in [-0.3, -0.25) is 9.79 Å². The molecule has 0 radical (unpaired) electrons. The van der Waals surface area contributed by atoms with Crippen LogP contribution in [0.5, 0.6) is 11.5 Å². The molecule has 0 bridgehead atoms. The smallest absolute Gasteiger partial charge is 0.231 e. The number of hydrogen-bond acceptors (Lipinski definition) is 4. The van der Waals surface area contributed by atoms with E-state index in [0.29, 0.717) is 19.5 Å². The summed E-state index contributed by atoms with van der Waals surface area (Å²) in [6, 6.07) is 14.0. The molecule has 2 aromatic carbocycles. The van der Waals surface area contributed by atoms with Crippen LogP contribution in [0.3, 0.4) is 0 Å². The van der Waals surface area contributed by atoms with Gasteiger partial charge >= 0.3 is 0 Å². The number of guanidine groups is 1. The molecular weight excluding hydrogens is 483 g/mol. The van der Waals surface area contributed by atoms with Crippen LogP contribution in [-0.2, 0) is 17.9 Å². The third-order valence-corrected chi connectivity index (χ3v) is 4.90. The van der Waals surface area contributed by atoms with Gasteiger partial charge in [0, 0.05) is 38.8 Å². The lowest BCUT2D eigenvalue weighted by Crippen LogP contribution is -2.36. The topological polar surface area (TPSA) is 75.2 Å². The monoisotopic (exact) mass is 508 g/mol. The average molecular weight is 508 g/mol. The normalized spacial score (nSPS) is 15.3. The van der Waals surface area contributed by atoms with E-state index in [1.807, 2.05) is 47.4 Å². The number of ether oxygens (including phenoxy) is 2. The number of benzene rings is 2. The molecule has 0 atom stereocenters. The quantitative estimate of drug-likeness (QED) is 0.369. The summed E-state index contributed by atoms with van der Waals surface area (Å²) in [5.74, 6) is 2.49. The molecule has 29 heavy (non-hydrogen) atoms. The van der Waals surface area contributed by atoms with Gasteiger partial charge in [-0.25, -0.2) is 0 Å². The summed E-state index contributed by atoms with van der Waals surface area (Å²) < 4.78 is 10.7. The summed E-state index contributed by atoms with van der Waals surface area (Å²) in [7, 11) is 1.75. The van der Waals surface area contributed by atoms with Gasteiger partial charge in [0.1, 0.15) is 0 Å². The van der Waals surface area contributed by atoms with E-state index >= 15 is 0 Å². The molecule has 1 fully saturated rings. The van der Waals surface area contributed by atoms with Gasteiger partial charge in [-0.1, -0.05) is 18.2 Å². The maximum atomic E-state index is 11.8. The summed E-state index contributed by atoms with van der Waals surface area (Å²) in [6.45, 7) is 2.37. The zero-order valence-electron chi connectivity index (χ0n) is 16.3. The summed E-state index contributed by atoms with van der Waals surface area (Å²) in [6.07, 6.45) is 1.59. The molecule has 0 spiro atoms. The van der Waals surface area contributed by atoms with Crippen LogP contribution in [0, 0.1) is 0 Å². The van der Waals surface area contributed by atoms with Crippen LogP contribution in [0.25, 0.3) is 0 Å². The summed E-state index contributed by atoms with van der Waals surface area (Å²) in [4.78, 5) is 18.0. The van der Waals surface area contributed by atoms with E-state index in [9.17, 15) is 4.79 Å². The maximum absolute atomic E-state index is 11.8. The number of fused-ring (bicyclic) bond motifs is 1. The Morgan fingerprint density at radius 3 is 2.41 bits per heavy atom. The zero-order valence-corrected chi connectivity index (χ0v) is 18.6. The number of halogens is 1. The van der Waals surface area contributed by atoms with Crippen molar-refractivity contribution in [2.45, 2.75) is 25.9 Å². The van der Waals surface area contributed by atoms with E-state index in [2.05, 4.69) is 15.6 Å². The molecule has 0 unspecified atom stereocenters. The molecular formula is C21H25IN4O3. The second-order valence-electron chi connectivity index (χ2n) is 6.78. The van der Waals surface area contributed by atoms with E-state index in [-0.39, 0.29) is 36.7 Å². The summed E-state index contributed by atoms with van der Waals surface area (Å²) >= 11 is 0. The number of nitrogens with zero attached hydrogens (tertiary/aromatic N) is 2. The van der Waals surface area contributed by atoms with Crippen molar-refractivity contribution in [2.75, 3.05) is 25.3 Å². The third-order valence-electron chi connectivity index (χ3n) is 4.90. The van der Waals surface area contributed by atoms with E-state index in [1.54, 1.807) is 7.05 Å². The number of amides is 1. The van der Waals surface area contributed by atoms with Crippen LogP contribution >= 0.6 is 24.0 Å². The van der Waals surface area contributed by atoms with Crippen LogP contribution in [0.15, 0.2) is 47.5 Å². The van der Waals surface area contributed by atoms with E-state index in [4.69, 9.17) is 9.47 Å². The standard InChI is InChI=1S/C21H24N4O3.HI/c1-22-21(24-13-16-6-9-18-19(11-16)28-14-27-18)23-12-15-4-7-17(8-5-15)25-10-2-3-20(25)26;/h4-9,11H,2-3,10,12-14H2,1H3,(H2,22,23,24);1H. The molecule has 1 amide bonds. The van der Waals surface area contributed by atoms with Crippen molar-refractivity contribution in [1.82, 2.24) is 10.6 Å². The van der Waals surface area contributed by atoms with Gasteiger partial charge in [0.2, 0.25) is 12.7 Å². The first kappa shape index (κ1) is 21.2. The minimum Gasteiger partial charge on any atom is -0.454 e. The second-order valence-corrected chi connectivity index (χ2v) is 6.78. The molecule has 7 nitrogen and oxygen atoms in total. The average Bonchev–Trinajstić information content (AvgIpc) is 3.37. The van der Waals surface area contributed by atoms with Gasteiger partial charge in [0.15, 0.2) is 17.5 Å². The Morgan fingerprint density at radius 1 is 1.03 bits per heavy atom. The minimum absolute atomic E-state index is 0. The largest absolute Gasteiger partial charge is 0.454 e. The van der Waals surface area contributed by atoms with Gasteiger partial charge in [0.05, 0.1) is 0 Å². The molecule has 2 aliphatic heterocycles. The molecule has 0 saturated carbocycles. The number of aliphatic imine (C=N–C) groups is 1. The molecule has 2 aliphatic rings.